The number of carbonyl (C=O) groups is 1. The SMILES string of the molecule is CC(C)(C)C1CN2CCC1C(=O)C2. The van der Waals surface area contributed by atoms with E-state index in [1.807, 2.05) is 0 Å². The van der Waals surface area contributed by atoms with Gasteiger partial charge in [-0.15, -0.1) is 0 Å². The van der Waals surface area contributed by atoms with Gasteiger partial charge in [0.05, 0.1) is 6.54 Å². The van der Waals surface area contributed by atoms with Crippen molar-refractivity contribution in [3.8, 4) is 0 Å². The standard InChI is InChI=1S/C11H19NO/c1-11(2,3)9-6-12-5-4-8(9)10(13)7-12/h8-9H,4-7H2,1-3H3. The molecule has 0 spiro atoms. The second-order valence-electron chi connectivity index (χ2n) is 5.57. The van der Waals surface area contributed by atoms with Crippen molar-refractivity contribution in [1.82, 2.24) is 4.90 Å². The lowest BCUT2D eigenvalue weighted by Crippen LogP contribution is -2.56. The van der Waals surface area contributed by atoms with Crippen molar-refractivity contribution < 1.29 is 4.79 Å². The highest BCUT2D eigenvalue weighted by atomic mass is 16.1. The minimum absolute atomic E-state index is 0.291. The van der Waals surface area contributed by atoms with Gasteiger partial charge in [-0.3, -0.25) is 9.69 Å². The van der Waals surface area contributed by atoms with E-state index in [2.05, 4.69) is 25.7 Å². The molecule has 0 aromatic rings. The molecule has 13 heavy (non-hydrogen) atoms. The Morgan fingerprint density at radius 2 is 2.08 bits per heavy atom. The van der Waals surface area contributed by atoms with Gasteiger partial charge in [0.15, 0.2) is 0 Å². The van der Waals surface area contributed by atoms with Gasteiger partial charge in [0.2, 0.25) is 0 Å². The van der Waals surface area contributed by atoms with E-state index in [-0.39, 0.29) is 0 Å². The van der Waals surface area contributed by atoms with E-state index in [0.29, 0.717) is 23.0 Å². The Morgan fingerprint density at radius 1 is 1.38 bits per heavy atom. The highest BCUT2D eigenvalue weighted by Gasteiger charge is 2.44. The molecule has 74 valence electrons. The predicted octanol–water partition coefficient (Wildman–Crippen LogP) is 1.55. The smallest absolute Gasteiger partial charge is 0.150 e. The van der Waals surface area contributed by atoms with Crippen LogP contribution in [0.25, 0.3) is 0 Å². The molecule has 3 aliphatic rings. The normalized spacial score (nSPS) is 39.6. The van der Waals surface area contributed by atoms with Gasteiger partial charge in [0, 0.05) is 12.5 Å². The molecule has 3 fully saturated rings. The van der Waals surface area contributed by atoms with Crippen LogP contribution in [-0.4, -0.2) is 30.3 Å². The number of Topliss-reactive ketones (excluding diaryl/α,β-unsaturated/α-hetero) is 1. The molecule has 2 heteroatoms. The maximum Gasteiger partial charge on any atom is 0.150 e. The zero-order valence-corrected chi connectivity index (χ0v) is 8.84. The summed E-state index contributed by atoms with van der Waals surface area (Å²) in [5.74, 6) is 1.44. The first-order valence-corrected chi connectivity index (χ1v) is 5.23. The Labute approximate surface area is 80.3 Å². The van der Waals surface area contributed by atoms with E-state index in [0.717, 1.165) is 26.1 Å². The van der Waals surface area contributed by atoms with Crippen LogP contribution in [0.15, 0.2) is 0 Å². The lowest BCUT2D eigenvalue weighted by Gasteiger charge is -2.48. The third-order valence-corrected chi connectivity index (χ3v) is 3.60. The predicted molar refractivity (Wildman–Crippen MR) is 52.5 cm³/mol. The van der Waals surface area contributed by atoms with Gasteiger partial charge in [-0.05, 0) is 24.3 Å². The lowest BCUT2D eigenvalue weighted by atomic mass is 9.66. The average molecular weight is 181 g/mol. The quantitative estimate of drug-likeness (QED) is 0.565. The first-order valence-electron chi connectivity index (χ1n) is 5.23. The molecule has 3 rings (SSSR count). The summed E-state index contributed by atoms with van der Waals surface area (Å²) in [7, 11) is 0. The van der Waals surface area contributed by atoms with Crippen molar-refractivity contribution in [2.24, 2.45) is 17.3 Å². The molecule has 2 nitrogen and oxygen atoms in total. The van der Waals surface area contributed by atoms with Crippen LogP contribution in [0.4, 0.5) is 0 Å². The zero-order chi connectivity index (χ0) is 9.64. The number of piperidine rings is 3. The van der Waals surface area contributed by atoms with Gasteiger partial charge in [-0.1, -0.05) is 20.8 Å². The largest absolute Gasteiger partial charge is 0.298 e. The summed E-state index contributed by atoms with van der Waals surface area (Å²) in [5.41, 5.74) is 0.291. The number of nitrogens with zero attached hydrogens (tertiary/aromatic N) is 1. The fourth-order valence-electron chi connectivity index (χ4n) is 2.76. The second-order valence-corrected chi connectivity index (χ2v) is 5.57. The van der Waals surface area contributed by atoms with Crippen molar-refractivity contribution >= 4 is 5.78 Å². The molecule has 0 radical (unpaired) electrons. The van der Waals surface area contributed by atoms with Crippen LogP contribution in [0.2, 0.25) is 0 Å². The van der Waals surface area contributed by atoms with Crippen LogP contribution in [0.3, 0.4) is 0 Å². The Bertz CT molecular complexity index is 229. The summed E-state index contributed by atoms with van der Waals surface area (Å²) in [6, 6.07) is 0. The molecular weight excluding hydrogens is 162 g/mol. The van der Waals surface area contributed by atoms with Gasteiger partial charge >= 0.3 is 0 Å². The summed E-state index contributed by atoms with van der Waals surface area (Å²) < 4.78 is 0. The van der Waals surface area contributed by atoms with E-state index in [1.54, 1.807) is 0 Å². The molecule has 0 aliphatic carbocycles. The van der Waals surface area contributed by atoms with Crippen LogP contribution in [0.1, 0.15) is 27.2 Å². The van der Waals surface area contributed by atoms with Gasteiger partial charge in [0.25, 0.3) is 0 Å². The Hall–Kier alpha value is -0.370. The van der Waals surface area contributed by atoms with E-state index in [1.165, 1.54) is 0 Å². The summed E-state index contributed by atoms with van der Waals surface area (Å²) in [6.45, 7) is 9.77. The first-order chi connectivity index (χ1) is 5.98. The zero-order valence-electron chi connectivity index (χ0n) is 8.84. The third-order valence-electron chi connectivity index (χ3n) is 3.60. The van der Waals surface area contributed by atoms with Crippen LogP contribution >= 0.6 is 0 Å². The number of hydrogen-bond donors (Lipinski definition) is 0. The van der Waals surface area contributed by atoms with Crippen LogP contribution in [-0.2, 0) is 4.79 Å². The molecule has 3 atom stereocenters. The molecule has 0 amide bonds. The number of rotatable bonds is 0. The highest BCUT2D eigenvalue weighted by molar-refractivity contribution is 5.84. The number of fused-ring (bicyclic) bond motifs is 3. The molecule has 2 bridgehead atoms. The van der Waals surface area contributed by atoms with Crippen molar-refractivity contribution in [1.29, 1.82) is 0 Å². The monoisotopic (exact) mass is 181 g/mol. The number of hydrogen-bond acceptors (Lipinski definition) is 2. The molecule has 0 N–H and O–H groups in total. The molecule has 0 aromatic heterocycles. The van der Waals surface area contributed by atoms with Crippen molar-refractivity contribution in [3.05, 3.63) is 0 Å². The molecule has 3 aliphatic heterocycles. The van der Waals surface area contributed by atoms with Crippen LogP contribution in [0.5, 0.6) is 0 Å². The molecule has 3 unspecified atom stereocenters. The molecular formula is C11H19NO. The summed E-state index contributed by atoms with van der Waals surface area (Å²) >= 11 is 0. The van der Waals surface area contributed by atoms with E-state index >= 15 is 0 Å². The molecule has 0 aromatic carbocycles. The number of carbonyl (C=O) groups excluding carboxylic acids is 1. The Balaban J connectivity index is 2.19. The average Bonchev–Trinajstić information content (AvgIpc) is 2.03. The highest BCUT2D eigenvalue weighted by Crippen LogP contribution is 2.40. The van der Waals surface area contributed by atoms with Crippen molar-refractivity contribution in [2.45, 2.75) is 27.2 Å². The minimum atomic E-state index is 0.291. The number of ketones is 1. The van der Waals surface area contributed by atoms with Gasteiger partial charge in [-0.25, -0.2) is 0 Å². The van der Waals surface area contributed by atoms with Crippen LogP contribution < -0.4 is 0 Å². The summed E-state index contributed by atoms with van der Waals surface area (Å²) in [6.07, 6.45) is 1.10. The summed E-state index contributed by atoms with van der Waals surface area (Å²) in [5, 5.41) is 0. The Morgan fingerprint density at radius 3 is 2.46 bits per heavy atom. The van der Waals surface area contributed by atoms with Gasteiger partial charge in [-0.2, -0.15) is 0 Å². The fourth-order valence-corrected chi connectivity index (χ4v) is 2.76. The molecule has 3 heterocycles. The summed E-state index contributed by atoms with van der Waals surface area (Å²) in [4.78, 5) is 14.0. The maximum atomic E-state index is 11.7. The van der Waals surface area contributed by atoms with Gasteiger partial charge < -0.3 is 0 Å². The lowest BCUT2D eigenvalue weighted by molar-refractivity contribution is -0.138. The fraction of sp³-hybridized carbons (Fsp3) is 0.909. The maximum absolute atomic E-state index is 11.7. The first kappa shape index (κ1) is 9.20. The van der Waals surface area contributed by atoms with Crippen molar-refractivity contribution in [3.63, 3.8) is 0 Å². The Kier molecular flexibility index (Phi) is 1.99. The minimum Gasteiger partial charge on any atom is -0.298 e. The van der Waals surface area contributed by atoms with E-state index in [9.17, 15) is 4.79 Å². The van der Waals surface area contributed by atoms with Crippen LogP contribution in [0, 0.1) is 17.3 Å². The van der Waals surface area contributed by atoms with E-state index in [4.69, 9.17) is 0 Å². The second kappa shape index (κ2) is 2.81. The topological polar surface area (TPSA) is 20.3 Å². The van der Waals surface area contributed by atoms with Crippen molar-refractivity contribution in [2.75, 3.05) is 19.6 Å². The van der Waals surface area contributed by atoms with E-state index < -0.39 is 0 Å². The third kappa shape index (κ3) is 1.52. The molecule has 0 saturated carbocycles. The molecule has 3 saturated heterocycles. The van der Waals surface area contributed by atoms with Gasteiger partial charge in [0.1, 0.15) is 5.78 Å².